The number of hydrogen-bond acceptors (Lipinski definition) is 2. The van der Waals surface area contributed by atoms with Crippen molar-refractivity contribution < 1.29 is 0 Å². The van der Waals surface area contributed by atoms with Crippen molar-refractivity contribution in [3.05, 3.63) is 76.4 Å². The Morgan fingerprint density at radius 1 is 1.00 bits per heavy atom. The number of pyridine rings is 1. The van der Waals surface area contributed by atoms with E-state index in [1.807, 2.05) is 56.3 Å². The third-order valence-electron chi connectivity index (χ3n) is 3.85. The summed E-state index contributed by atoms with van der Waals surface area (Å²) in [5.74, 6) is 0. The Morgan fingerprint density at radius 2 is 1.76 bits per heavy atom. The number of nitrogens with zero attached hydrogens (tertiary/aromatic N) is 1. The Labute approximate surface area is 129 Å². The highest BCUT2D eigenvalue weighted by Crippen LogP contribution is 2.30. The largest absolute Gasteiger partial charge is 0.318 e. The summed E-state index contributed by atoms with van der Waals surface area (Å²) in [7, 11) is 0. The Morgan fingerprint density at radius 3 is 2.52 bits per heavy atom. The first-order chi connectivity index (χ1) is 9.96. The molecule has 0 bridgehead atoms. The Hall–Kier alpha value is -1.90. The summed E-state index contributed by atoms with van der Waals surface area (Å²) in [6, 6.07) is 18.0. The van der Waals surface area contributed by atoms with E-state index < -0.39 is 5.54 Å². The van der Waals surface area contributed by atoms with E-state index in [9.17, 15) is 0 Å². The van der Waals surface area contributed by atoms with Crippen LogP contribution in [0.5, 0.6) is 0 Å². The summed E-state index contributed by atoms with van der Waals surface area (Å²) in [6.07, 6.45) is 0. The van der Waals surface area contributed by atoms with Crippen molar-refractivity contribution in [1.29, 1.82) is 0 Å². The number of halogens is 1. The molecule has 2 aromatic carbocycles. The second-order valence-corrected chi connectivity index (χ2v) is 6.01. The van der Waals surface area contributed by atoms with Crippen molar-refractivity contribution in [3.63, 3.8) is 0 Å². The minimum absolute atomic E-state index is 0.593. The summed E-state index contributed by atoms with van der Waals surface area (Å²) in [5, 5.41) is 1.79. The normalized spacial score (nSPS) is 14.1. The van der Waals surface area contributed by atoms with Crippen LogP contribution in [-0.4, -0.2) is 4.98 Å². The third kappa shape index (κ3) is 2.65. The molecule has 0 saturated heterocycles. The molecule has 1 atom stereocenters. The molecule has 0 amide bonds. The molecule has 2 N–H and O–H groups in total. The third-order valence-corrected chi connectivity index (χ3v) is 4.09. The van der Waals surface area contributed by atoms with Crippen LogP contribution in [0, 0.1) is 6.92 Å². The number of hydrogen-bond donors (Lipinski definition) is 1. The lowest BCUT2D eigenvalue weighted by Crippen LogP contribution is -2.34. The minimum Gasteiger partial charge on any atom is -0.318 e. The molecule has 0 aliphatic heterocycles. The standard InChI is InChI=1S/C18H17ClN2/c1-12-6-7-13-10-15(8-9-17(13)21-12)18(2,20)14-4-3-5-16(19)11-14/h3-11H,20H2,1-2H3. The first-order valence-electron chi connectivity index (χ1n) is 6.89. The molecule has 0 radical (unpaired) electrons. The van der Waals surface area contributed by atoms with Crippen molar-refractivity contribution in [2.75, 3.05) is 0 Å². The highest BCUT2D eigenvalue weighted by molar-refractivity contribution is 6.30. The van der Waals surface area contributed by atoms with Crippen molar-refractivity contribution in [2.45, 2.75) is 19.4 Å². The smallest absolute Gasteiger partial charge is 0.0705 e. The van der Waals surface area contributed by atoms with E-state index >= 15 is 0 Å². The summed E-state index contributed by atoms with van der Waals surface area (Å²) in [6.45, 7) is 3.99. The van der Waals surface area contributed by atoms with Crippen LogP contribution in [0.4, 0.5) is 0 Å². The van der Waals surface area contributed by atoms with E-state index in [2.05, 4.69) is 17.1 Å². The number of rotatable bonds is 2. The maximum absolute atomic E-state index is 6.57. The SMILES string of the molecule is Cc1ccc2cc(C(C)(N)c3cccc(Cl)c3)ccc2n1. The van der Waals surface area contributed by atoms with Crippen LogP contribution in [0.3, 0.4) is 0 Å². The fourth-order valence-corrected chi connectivity index (χ4v) is 2.72. The minimum atomic E-state index is -0.593. The van der Waals surface area contributed by atoms with Gasteiger partial charge in [0, 0.05) is 16.1 Å². The first-order valence-corrected chi connectivity index (χ1v) is 7.27. The highest BCUT2D eigenvalue weighted by atomic mass is 35.5. The average molecular weight is 297 g/mol. The summed E-state index contributed by atoms with van der Waals surface area (Å²) in [4.78, 5) is 4.52. The van der Waals surface area contributed by atoms with Crippen molar-refractivity contribution in [1.82, 2.24) is 4.98 Å². The van der Waals surface area contributed by atoms with Gasteiger partial charge in [0.15, 0.2) is 0 Å². The van der Waals surface area contributed by atoms with Crippen LogP contribution in [0.1, 0.15) is 23.7 Å². The number of aryl methyl sites for hydroxylation is 1. The fourth-order valence-electron chi connectivity index (χ4n) is 2.53. The zero-order valence-corrected chi connectivity index (χ0v) is 12.9. The van der Waals surface area contributed by atoms with E-state index in [1.165, 1.54) is 0 Å². The highest BCUT2D eigenvalue weighted by Gasteiger charge is 2.24. The molecular weight excluding hydrogens is 280 g/mol. The van der Waals surface area contributed by atoms with Gasteiger partial charge in [-0.05, 0) is 55.3 Å². The number of aromatic nitrogens is 1. The van der Waals surface area contributed by atoms with Gasteiger partial charge in [-0.2, -0.15) is 0 Å². The van der Waals surface area contributed by atoms with Crippen molar-refractivity contribution >= 4 is 22.5 Å². The van der Waals surface area contributed by atoms with Crippen LogP contribution in [-0.2, 0) is 5.54 Å². The van der Waals surface area contributed by atoms with Crippen LogP contribution < -0.4 is 5.73 Å². The molecule has 0 fully saturated rings. The zero-order valence-electron chi connectivity index (χ0n) is 12.1. The number of fused-ring (bicyclic) bond motifs is 1. The molecule has 1 unspecified atom stereocenters. The molecule has 106 valence electrons. The van der Waals surface area contributed by atoms with Gasteiger partial charge in [0.05, 0.1) is 11.1 Å². The van der Waals surface area contributed by atoms with Gasteiger partial charge in [0.1, 0.15) is 0 Å². The van der Waals surface area contributed by atoms with E-state index in [0.717, 1.165) is 27.7 Å². The van der Waals surface area contributed by atoms with E-state index in [0.29, 0.717) is 5.02 Å². The quantitative estimate of drug-likeness (QED) is 0.760. The molecule has 0 aliphatic carbocycles. The van der Waals surface area contributed by atoms with Crippen LogP contribution in [0.25, 0.3) is 10.9 Å². The summed E-state index contributed by atoms with van der Waals surface area (Å²) in [5.41, 5.74) is 10.0. The van der Waals surface area contributed by atoms with Crippen LogP contribution >= 0.6 is 11.6 Å². The van der Waals surface area contributed by atoms with Gasteiger partial charge in [-0.25, -0.2) is 0 Å². The topological polar surface area (TPSA) is 38.9 Å². The summed E-state index contributed by atoms with van der Waals surface area (Å²) < 4.78 is 0. The number of nitrogens with two attached hydrogens (primary N) is 1. The molecule has 2 nitrogen and oxygen atoms in total. The Balaban J connectivity index is 2.12. The van der Waals surface area contributed by atoms with E-state index in [1.54, 1.807) is 0 Å². The predicted octanol–water partition coefficient (Wildman–Crippen LogP) is 4.42. The average Bonchev–Trinajstić information content (AvgIpc) is 2.46. The van der Waals surface area contributed by atoms with Crippen LogP contribution in [0.2, 0.25) is 5.02 Å². The van der Waals surface area contributed by atoms with Gasteiger partial charge >= 0.3 is 0 Å². The Bertz CT molecular complexity index is 809. The van der Waals surface area contributed by atoms with Crippen molar-refractivity contribution in [3.8, 4) is 0 Å². The molecule has 1 aromatic heterocycles. The molecular formula is C18H17ClN2. The van der Waals surface area contributed by atoms with E-state index in [4.69, 9.17) is 17.3 Å². The molecule has 3 rings (SSSR count). The number of benzene rings is 2. The van der Waals surface area contributed by atoms with Gasteiger partial charge in [-0.3, -0.25) is 4.98 Å². The van der Waals surface area contributed by atoms with Crippen LogP contribution in [0.15, 0.2) is 54.6 Å². The molecule has 0 spiro atoms. The maximum Gasteiger partial charge on any atom is 0.0705 e. The monoisotopic (exact) mass is 296 g/mol. The summed E-state index contributed by atoms with van der Waals surface area (Å²) >= 11 is 6.09. The van der Waals surface area contributed by atoms with Gasteiger partial charge in [0.2, 0.25) is 0 Å². The molecule has 0 aliphatic rings. The Kier molecular flexibility index (Phi) is 3.44. The molecule has 1 heterocycles. The van der Waals surface area contributed by atoms with Gasteiger partial charge < -0.3 is 5.73 Å². The fraction of sp³-hybridized carbons (Fsp3) is 0.167. The first kappa shape index (κ1) is 14.1. The predicted molar refractivity (Wildman–Crippen MR) is 88.6 cm³/mol. The zero-order chi connectivity index (χ0) is 15.0. The molecule has 0 saturated carbocycles. The second-order valence-electron chi connectivity index (χ2n) is 5.57. The maximum atomic E-state index is 6.57. The lowest BCUT2D eigenvalue weighted by atomic mass is 9.85. The molecule has 21 heavy (non-hydrogen) atoms. The van der Waals surface area contributed by atoms with Crippen molar-refractivity contribution in [2.24, 2.45) is 5.73 Å². The van der Waals surface area contributed by atoms with Gasteiger partial charge in [-0.15, -0.1) is 0 Å². The van der Waals surface area contributed by atoms with Gasteiger partial charge in [-0.1, -0.05) is 35.9 Å². The van der Waals surface area contributed by atoms with E-state index in [-0.39, 0.29) is 0 Å². The van der Waals surface area contributed by atoms with Gasteiger partial charge in [0.25, 0.3) is 0 Å². The molecule has 3 heteroatoms. The lowest BCUT2D eigenvalue weighted by Gasteiger charge is -2.26. The second kappa shape index (κ2) is 5.14. The molecule has 3 aromatic rings. The lowest BCUT2D eigenvalue weighted by molar-refractivity contribution is 0.604.